The van der Waals surface area contributed by atoms with Gasteiger partial charge in [-0.15, -0.1) is 0 Å². The zero-order valence-electron chi connectivity index (χ0n) is 12.5. The molecule has 0 saturated heterocycles. The fraction of sp³-hybridized carbons (Fsp3) is 1.00. The number of unbranched alkanes of at least 4 members (excludes halogenated alkanes) is 2. The second-order valence-electron chi connectivity index (χ2n) is 5.03. The minimum atomic E-state index is -2.14. The van der Waals surface area contributed by atoms with Crippen LogP contribution in [0.1, 0.15) is 59.8 Å². The summed E-state index contributed by atoms with van der Waals surface area (Å²) in [7, 11) is 0. The number of hydrogen-bond acceptors (Lipinski definition) is 3. The van der Waals surface area contributed by atoms with Gasteiger partial charge < -0.3 is 0 Å². The molecule has 2 radical (unpaired) electrons. The second kappa shape index (κ2) is 14.9. The molecule has 0 aromatic rings. The Hall–Kier alpha value is 1.48. The summed E-state index contributed by atoms with van der Waals surface area (Å²) in [5, 5.41) is 0. The SMILES string of the molecule is CCCC[O][Sn][O][SnH]([CH2]CC(C)C)[O]CCCC. The Morgan fingerprint density at radius 1 is 1.06 bits per heavy atom. The van der Waals surface area contributed by atoms with Crippen molar-refractivity contribution in [3.05, 3.63) is 0 Å². The van der Waals surface area contributed by atoms with Gasteiger partial charge in [0, 0.05) is 0 Å². The number of hydrogen-bond donors (Lipinski definition) is 0. The Balaban J connectivity index is 3.66. The van der Waals surface area contributed by atoms with Crippen molar-refractivity contribution in [3.63, 3.8) is 0 Å². The van der Waals surface area contributed by atoms with Crippen LogP contribution < -0.4 is 0 Å². The first-order valence-electron chi connectivity index (χ1n) is 7.34. The summed E-state index contributed by atoms with van der Waals surface area (Å²) in [5.74, 6) is 0.758. The molecular weight excluding hydrogens is 442 g/mol. The third kappa shape index (κ3) is 13.9. The molecule has 0 spiro atoms. The van der Waals surface area contributed by atoms with E-state index in [0.717, 1.165) is 25.6 Å². The molecule has 0 fully saturated rings. The molecule has 0 aliphatic carbocycles. The van der Waals surface area contributed by atoms with E-state index in [-0.39, 0.29) is 0 Å². The van der Waals surface area contributed by atoms with Crippen LogP contribution >= 0.6 is 0 Å². The first kappa shape index (κ1) is 19.5. The summed E-state index contributed by atoms with van der Waals surface area (Å²) in [6.07, 6.45) is 5.98. The van der Waals surface area contributed by atoms with E-state index in [1.807, 2.05) is 0 Å². The Morgan fingerprint density at radius 2 is 1.72 bits per heavy atom. The summed E-state index contributed by atoms with van der Waals surface area (Å²) >= 11 is -3.18. The van der Waals surface area contributed by atoms with Gasteiger partial charge in [0.15, 0.2) is 0 Å². The molecule has 0 rings (SSSR count). The first-order valence-corrected chi connectivity index (χ1v) is 14.7. The molecule has 0 amide bonds. The molecule has 0 aromatic carbocycles. The Labute approximate surface area is 132 Å². The van der Waals surface area contributed by atoms with Crippen molar-refractivity contribution in [1.82, 2.24) is 0 Å². The molecule has 0 aliphatic rings. The van der Waals surface area contributed by atoms with Crippen molar-refractivity contribution in [1.29, 1.82) is 0 Å². The van der Waals surface area contributed by atoms with Gasteiger partial charge in [-0.3, -0.25) is 0 Å². The van der Waals surface area contributed by atoms with Crippen LogP contribution in [-0.2, 0) is 7.56 Å². The van der Waals surface area contributed by atoms with Gasteiger partial charge in [-0.25, -0.2) is 0 Å². The second-order valence-corrected chi connectivity index (χ2v) is 16.6. The molecule has 108 valence electrons. The molecule has 3 nitrogen and oxygen atoms in total. The predicted octanol–water partition coefficient (Wildman–Crippen LogP) is 3.44. The van der Waals surface area contributed by atoms with Gasteiger partial charge in [0.25, 0.3) is 0 Å². The summed E-state index contributed by atoms with van der Waals surface area (Å²) in [6.45, 7) is 10.7. The molecule has 0 saturated carbocycles. The maximum atomic E-state index is 6.02. The van der Waals surface area contributed by atoms with E-state index in [0.29, 0.717) is 0 Å². The Bertz CT molecular complexity index is 168. The average Bonchev–Trinajstić information content (AvgIpc) is 2.35. The van der Waals surface area contributed by atoms with Crippen molar-refractivity contribution < 1.29 is 7.56 Å². The van der Waals surface area contributed by atoms with Crippen molar-refractivity contribution in [2.24, 2.45) is 5.92 Å². The third-order valence-corrected chi connectivity index (χ3v) is 15.5. The van der Waals surface area contributed by atoms with Crippen LogP contribution in [0.2, 0.25) is 4.44 Å². The van der Waals surface area contributed by atoms with Crippen molar-refractivity contribution in [2.75, 3.05) is 13.2 Å². The van der Waals surface area contributed by atoms with E-state index in [9.17, 15) is 0 Å². The van der Waals surface area contributed by atoms with Crippen molar-refractivity contribution >= 4 is 42.6 Å². The van der Waals surface area contributed by atoms with Gasteiger partial charge in [-0.1, -0.05) is 0 Å². The van der Waals surface area contributed by atoms with Crippen LogP contribution in [0, 0.1) is 5.92 Å². The van der Waals surface area contributed by atoms with Crippen LogP contribution in [0.25, 0.3) is 0 Å². The molecule has 18 heavy (non-hydrogen) atoms. The van der Waals surface area contributed by atoms with E-state index in [1.54, 1.807) is 0 Å². The summed E-state index contributed by atoms with van der Waals surface area (Å²) in [4.78, 5) is 0. The zero-order chi connectivity index (χ0) is 13.6. The standard InChI is InChI=1S/C5H11.2C4H9O.O.2Sn.H/c1-4-5(2)3;2*1-2-3-4-5;;;;/h5H,1,4H2,2-3H3;2*2-4H2,1H3;;;;/q;2*-1;;2*+1;. The third-order valence-electron chi connectivity index (χ3n) is 2.62. The van der Waals surface area contributed by atoms with E-state index in [4.69, 9.17) is 7.56 Å². The van der Waals surface area contributed by atoms with Crippen LogP contribution in [0.5, 0.6) is 0 Å². The minimum absolute atomic E-state index is 0.758. The van der Waals surface area contributed by atoms with E-state index in [1.165, 1.54) is 30.1 Å². The molecular formula is C13H30O3Sn2. The summed E-state index contributed by atoms with van der Waals surface area (Å²) in [5.41, 5.74) is 0. The van der Waals surface area contributed by atoms with Gasteiger partial charge in [-0.05, 0) is 0 Å². The molecule has 0 bridgehead atoms. The maximum absolute atomic E-state index is 6.02. The molecule has 1 atom stereocenters. The molecule has 0 heterocycles. The molecule has 5 heteroatoms. The Kier molecular flexibility index (Phi) is 16.1. The average molecular weight is 472 g/mol. The van der Waals surface area contributed by atoms with E-state index < -0.39 is 42.6 Å². The van der Waals surface area contributed by atoms with Crippen LogP contribution in [0.15, 0.2) is 0 Å². The summed E-state index contributed by atoms with van der Waals surface area (Å²) < 4.78 is 18.9. The number of rotatable bonds is 13. The van der Waals surface area contributed by atoms with Crippen LogP contribution in [0.4, 0.5) is 0 Å². The fourth-order valence-corrected chi connectivity index (χ4v) is 14.3. The van der Waals surface area contributed by atoms with Crippen LogP contribution in [0.3, 0.4) is 0 Å². The predicted molar refractivity (Wildman–Crippen MR) is 80.0 cm³/mol. The van der Waals surface area contributed by atoms with Gasteiger partial charge in [0.1, 0.15) is 0 Å². The van der Waals surface area contributed by atoms with Gasteiger partial charge >= 0.3 is 133 Å². The summed E-state index contributed by atoms with van der Waals surface area (Å²) in [6, 6.07) is 0. The Morgan fingerprint density at radius 3 is 2.33 bits per heavy atom. The van der Waals surface area contributed by atoms with E-state index in [2.05, 4.69) is 27.7 Å². The van der Waals surface area contributed by atoms with Crippen molar-refractivity contribution in [3.8, 4) is 0 Å². The first-order chi connectivity index (χ1) is 8.70. The van der Waals surface area contributed by atoms with Crippen molar-refractivity contribution in [2.45, 2.75) is 64.2 Å². The molecule has 0 aromatic heterocycles. The van der Waals surface area contributed by atoms with Crippen LogP contribution in [-0.4, -0.2) is 55.8 Å². The van der Waals surface area contributed by atoms with Gasteiger partial charge in [-0.2, -0.15) is 0 Å². The normalized spacial score (nSPS) is 13.2. The van der Waals surface area contributed by atoms with E-state index >= 15 is 0 Å². The zero-order valence-corrected chi connectivity index (χ0v) is 18.7. The quantitative estimate of drug-likeness (QED) is 0.304. The molecule has 0 aliphatic heterocycles. The monoisotopic (exact) mass is 474 g/mol. The topological polar surface area (TPSA) is 27.7 Å². The van der Waals surface area contributed by atoms with Gasteiger partial charge in [0.2, 0.25) is 0 Å². The molecule has 0 N–H and O–H groups in total. The fourth-order valence-electron chi connectivity index (χ4n) is 1.35. The molecule has 1 unspecified atom stereocenters. The van der Waals surface area contributed by atoms with Gasteiger partial charge in [0.05, 0.1) is 0 Å².